The van der Waals surface area contributed by atoms with Crippen molar-refractivity contribution in [2.45, 2.75) is 31.8 Å². The highest BCUT2D eigenvalue weighted by atomic mass is 16.4. The number of nitrogens with zero attached hydrogens (tertiary/aromatic N) is 1. The molecule has 0 aliphatic carbocycles. The van der Waals surface area contributed by atoms with Gasteiger partial charge in [0.05, 0.1) is 0 Å². The molecule has 1 atom stereocenters. The van der Waals surface area contributed by atoms with Gasteiger partial charge in [-0.3, -0.25) is 9.69 Å². The van der Waals surface area contributed by atoms with Crippen LogP contribution in [0.25, 0.3) is 0 Å². The molecule has 98 valence electrons. The zero-order chi connectivity index (χ0) is 13.2. The molecule has 0 aromatic heterocycles. The first-order chi connectivity index (χ1) is 8.55. The molecule has 0 saturated carbocycles. The summed E-state index contributed by atoms with van der Waals surface area (Å²) < 4.78 is 0. The lowest BCUT2D eigenvalue weighted by Crippen LogP contribution is -2.50. The molecule has 0 bridgehead atoms. The van der Waals surface area contributed by atoms with Gasteiger partial charge in [0, 0.05) is 19.6 Å². The van der Waals surface area contributed by atoms with Gasteiger partial charge in [-0.25, -0.2) is 0 Å². The second kappa shape index (κ2) is 5.08. The Morgan fingerprint density at radius 3 is 2.67 bits per heavy atom. The summed E-state index contributed by atoms with van der Waals surface area (Å²) in [5.74, 6) is -0.895. The fourth-order valence-electron chi connectivity index (χ4n) is 2.52. The van der Waals surface area contributed by atoms with Crippen LogP contribution in [-0.4, -0.2) is 34.6 Å². The summed E-state index contributed by atoms with van der Waals surface area (Å²) in [6, 6.07) is 8.29. The maximum atomic E-state index is 11.1. The van der Waals surface area contributed by atoms with Crippen LogP contribution in [0.4, 0.5) is 0 Å². The van der Waals surface area contributed by atoms with Crippen LogP contribution in [0.2, 0.25) is 0 Å². The lowest BCUT2D eigenvalue weighted by atomic mass is 10.0. The van der Waals surface area contributed by atoms with Crippen molar-refractivity contribution in [1.82, 2.24) is 4.90 Å². The molecule has 0 amide bonds. The monoisotopic (exact) mass is 248 g/mol. The van der Waals surface area contributed by atoms with Gasteiger partial charge in [0.2, 0.25) is 0 Å². The Labute approximate surface area is 107 Å². The topological polar surface area (TPSA) is 66.6 Å². The first-order valence-electron chi connectivity index (χ1n) is 6.36. The third-order valence-corrected chi connectivity index (χ3v) is 3.70. The summed E-state index contributed by atoms with van der Waals surface area (Å²) in [5.41, 5.74) is 7.40. The molecule has 0 radical (unpaired) electrons. The normalized spacial score (nSPS) is 24.3. The second-order valence-electron chi connectivity index (χ2n) is 5.04. The molecular weight excluding hydrogens is 228 g/mol. The van der Waals surface area contributed by atoms with Crippen LogP contribution in [0.5, 0.6) is 0 Å². The van der Waals surface area contributed by atoms with E-state index in [4.69, 9.17) is 10.8 Å². The molecular formula is C14H20N2O2. The van der Waals surface area contributed by atoms with E-state index >= 15 is 0 Å². The molecule has 1 saturated heterocycles. The van der Waals surface area contributed by atoms with Crippen molar-refractivity contribution in [2.24, 2.45) is 5.73 Å². The number of hydrogen-bond acceptors (Lipinski definition) is 3. The predicted octanol–water partition coefficient (Wildman–Crippen LogP) is 1.24. The molecule has 1 aromatic rings. The molecule has 4 nitrogen and oxygen atoms in total. The van der Waals surface area contributed by atoms with Crippen LogP contribution in [0.3, 0.4) is 0 Å². The summed E-state index contributed by atoms with van der Waals surface area (Å²) in [6.07, 6.45) is 1.52. The van der Waals surface area contributed by atoms with Gasteiger partial charge < -0.3 is 10.8 Å². The largest absolute Gasteiger partial charge is 0.480 e. The van der Waals surface area contributed by atoms with E-state index in [1.165, 1.54) is 11.1 Å². The Morgan fingerprint density at radius 2 is 2.11 bits per heavy atom. The number of aryl methyl sites for hydroxylation is 1. The number of aliphatic carboxylic acids is 1. The Hall–Kier alpha value is -1.39. The minimum absolute atomic E-state index is 0.431. The van der Waals surface area contributed by atoms with Crippen molar-refractivity contribution in [3.05, 3.63) is 35.4 Å². The predicted molar refractivity (Wildman–Crippen MR) is 70.3 cm³/mol. The maximum absolute atomic E-state index is 11.1. The number of carboxylic acid groups (broad SMARTS) is 1. The third kappa shape index (κ3) is 2.54. The van der Waals surface area contributed by atoms with E-state index in [9.17, 15) is 4.79 Å². The van der Waals surface area contributed by atoms with Crippen LogP contribution in [0, 0.1) is 0 Å². The highest BCUT2D eigenvalue weighted by Gasteiger charge is 2.41. The van der Waals surface area contributed by atoms with Gasteiger partial charge in [0.15, 0.2) is 0 Å². The van der Waals surface area contributed by atoms with E-state index in [1.807, 2.05) is 12.1 Å². The minimum atomic E-state index is -1.07. The van der Waals surface area contributed by atoms with Crippen LogP contribution in [0.15, 0.2) is 24.3 Å². The molecule has 1 heterocycles. The van der Waals surface area contributed by atoms with Crippen molar-refractivity contribution >= 4 is 5.97 Å². The first-order valence-corrected chi connectivity index (χ1v) is 6.36. The number of benzene rings is 1. The number of carboxylic acids is 1. The molecule has 4 heteroatoms. The van der Waals surface area contributed by atoms with Crippen molar-refractivity contribution in [2.75, 3.05) is 13.1 Å². The van der Waals surface area contributed by atoms with Crippen molar-refractivity contribution in [3.63, 3.8) is 0 Å². The summed E-state index contributed by atoms with van der Waals surface area (Å²) in [4.78, 5) is 13.2. The first kappa shape index (κ1) is 13.1. The average Bonchev–Trinajstić information content (AvgIpc) is 2.73. The van der Waals surface area contributed by atoms with E-state index in [0.717, 1.165) is 19.5 Å². The zero-order valence-electron chi connectivity index (χ0n) is 10.7. The molecule has 1 aromatic carbocycles. The van der Waals surface area contributed by atoms with Crippen LogP contribution in [-0.2, 0) is 17.8 Å². The maximum Gasteiger partial charge on any atom is 0.325 e. The van der Waals surface area contributed by atoms with Gasteiger partial charge in [0.1, 0.15) is 5.54 Å². The van der Waals surface area contributed by atoms with Gasteiger partial charge in [-0.1, -0.05) is 31.2 Å². The number of hydrogen-bond donors (Lipinski definition) is 2. The zero-order valence-corrected chi connectivity index (χ0v) is 10.7. The fraction of sp³-hybridized carbons (Fsp3) is 0.500. The highest BCUT2D eigenvalue weighted by Crippen LogP contribution is 2.22. The Balaban J connectivity index is 2.06. The molecule has 1 fully saturated rings. The number of nitrogens with two attached hydrogens (primary N) is 1. The Morgan fingerprint density at radius 1 is 1.44 bits per heavy atom. The smallest absolute Gasteiger partial charge is 0.325 e. The lowest BCUT2D eigenvalue weighted by molar-refractivity contribution is -0.142. The quantitative estimate of drug-likeness (QED) is 0.841. The van der Waals surface area contributed by atoms with Crippen molar-refractivity contribution in [3.8, 4) is 0 Å². The standard InChI is InChI=1S/C14H20N2O2/c1-2-11-5-3-4-6-12(11)9-16-8-7-14(15,10-16)13(17)18/h3-6H,2,7-10,15H2,1H3,(H,17,18). The molecule has 2 rings (SSSR count). The average molecular weight is 248 g/mol. The van der Waals surface area contributed by atoms with Crippen LogP contribution < -0.4 is 5.73 Å². The molecule has 3 N–H and O–H groups in total. The number of likely N-dealkylation sites (tertiary alicyclic amines) is 1. The Kier molecular flexibility index (Phi) is 3.68. The molecule has 18 heavy (non-hydrogen) atoms. The van der Waals surface area contributed by atoms with Gasteiger partial charge in [0.25, 0.3) is 0 Å². The number of rotatable bonds is 4. The van der Waals surface area contributed by atoms with Gasteiger partial charge in [-0.05, 0) is 24.0 Å². The van der Waals surface area contributed by atoms with E-state index in [-0.39, 0.29) is 0 Å². The van der Waals surface area contributed by atoms with Gasteiger partial charge >= 0.3 is 5.97 Å². The molecule has 1 unspecified atom stereocenters. The summed E-state index contributed by atoms with van der Waals surface area (Å²) >= 11 is 0. The van der Waals surface area contributed by atoms with Gasteiger partial charge in [-0.2, -0.15) is 0 Å². The second-order valence-corrected chi connectivity index (χ2v) is 5.04. The number of carbonyl (C=O) groups is 1. The summed E-state index contributed by atoms with van der Waals surface area (Å²) in [6.45, 7) is 4.10. The van der Waals surface area contributed by atoms with Gasteiger partial charge in [-0.15, -0.1) is 0 Å². The fourth-order valence-corrected chi connectivity index (χ4v) is 2.52. The summed E-state index contributed by atoms with van der Waals surface area (Å²) in [7, 11) is 0. The van der Waals surface area contributed by atoms with E-state index in [1.54, 1.807) is 0 Å². The van der Waals surface area contributed by atoms with Crippen molar-refractivity contribution < 1.29 is 9.90 Å². The minimum Gasteiger partial charge on any atom is -0.480 e. The molecule has 1 aliphatic rings. The SMILES string of the molecule is CCc1ccccc1CN1CCC(N)(C(=O)O)C1. The van der Waals surface area contributed by atoms with Crippen LogP contribution in [0.1, 0.15) is 24.5 Å². The molecule has 0 spiro atoms. The third-order valence-electron chi connectivity index (χ3n) is 3.70. The van der Waals surface area contributed by atoms with Crippen molar-refractivity contribution in [1.29, 1.82) is 0 Å². The van der Waals surface area contributed by atoms with E-state index < -0.39 is 11.5 Å². The molecule has 1 aliphatic heterocycles. The summed E-state index contributed by atoms with van der Waals surface area (Å²) in [5, 5.41) is 9.11. The van der Waals surface area contributed by atoms with E-state index in [0.29, 0.717) is 13.0 Å². The lowest BCUT2D eigenvalue weighted by Gasteiger charge is -2.21. The highest BCUT2D eigenvalue weighted by molar-refractivity contribution is 5.79. The van der Waals surface area contributed by atoms with E-state index in [2.05, 4.69) is 24.0 Å². The van der Waals surface area contributed by atoms with Crippen LogP contribution >= 0.6 is 0 Å². The Bertz CT molecular complexity index is 447.